The summed E-state index contributed by atoms with van der Waals surface area (Å²) >= 11 is 0. The minimum Gasteiger partial charge on any atom is -0.375 e. The van der Waals surface area contributed by atoms with Crippen LogP contribution in [0.3, 0.4) is 0 Å². The average molecular weight is 213 g/mol. The standard InChI is InChI=1S/C13H27NO/c1-4-14-10-9-13(7-5-8-13)15-11-6-12(2)3/h12,14H,4-11H2,1-3H3. The van der Waals surface area contributed by atoms with Gasteiger partial charge in [-0.25, -0.2) is 0 Å². The molecular weight excluding hydrogens is 186 g/mol. The smallest absolute Gasteiger partial charge is 0.0694 e. The lowest BCUT2D eigenvalue weighted by Gasteiger charge is -2.42. The van der Waals surface area contributed by atoms with Gasteiger partial charge in [0.25, 0.3) is 0 Å². The van der Waals surface area contributed by atoms with Gasteiger partial charge in [-0.05, 0) is 51.1 Å². The topological polar surface area (TPSA) is 21.3 Å². The predicted molar refractivity (Wildman–Crippen MR) is 65.1 cm³/mol. The molecule has 1 N–H and O–H groups in total. The number of nitrogens with one attached hydrogen (secondary N) is 1. The third-order valence-corrected chi connectivity index (χ3v) is 3.38. The summed E-state index contributed by atoms with van der Waals surface area (Å²) in [5.41, 5.74) is 0.247. The monoisotopic (exact) mass is 213 g/mol. The summed E-state index contributed by atoms with van der Waals surface area (Å²) in [5, 5.41) is 3.39. The SMILES string of the molecule is CCNCCC1(OCCC(C)C)CCC1. The van der Waals surface area contributed by atoms with Crippen LogP contribution < -0.4 is 5.32 Å². The van der Waals surface area contributed by atoms with Crippen molar-refractivity contribution in [1.82, 2.24) is 5.32 Å². The van der Waals surface area contributed by atoms with E-state index in [0.717, 1.165) is 25.6 Å². The maximum absolute atomic E-state index is 6.08. The molecule has 1 aliphatic carbocycles. The van der Waals surface area contributed by atoms with Crippen molar-refractivity contribution in [1.29, 1.82) is 0 Å². The fourth-order valence-corrected chi connectivity index (χ4v) is 2.04. The first-order valence-electron chi connectivity index (χ1n) is 6.53. The molecule has 0 aliphatic heterocycles. The van der Waals surface area contributed by atoms with Crippen LogP contribution in [0.1, 0.15) is 52.9 Å². The van der Waals surface area contributed by atoms with Crippen molar-refractivity contribution in [2.75, 3.05) is 19.7 Å². The Kier molecular flexibility index (Phi) is 5.62. The number of ether oxygens (including phenoxy) is 1. The third kappa shape index (κ3) is 4.52. The maximum atomic E-state index is 6.08. The van der Waals surface area contributed by atoms with E-state index >= 15 is 0 Å². The fourth-order valence-electron chi connectivity index (χ4n) is 2.04. The van der Waals surface area contributed by atoms with Crippen LogP contribution in [-0.2, 0) is 4.74 Å². The van der Waals surface area contributed by atoms with Gasteiger partial charge in [0.1, 0.15) is 0 Å². The van der Waals surface area contributed by atoms with Crippen LogP contribution in [0.2, 0.25) is 0 Å². The van der Waals surface area contributed by atoms with E-state index in [9.17, 15) is 0 Å². The van der Waals surface area contributed by atoms with Crippen LogP contribution in [0.4, 0.5) is 0 Å². The first-order valence-corrected chi connectivity index (χ1v) is 6.53. The van der Waals surface area contributed by atoms with Crippen molar-refractivity contribution in [2.24, 2.45) is 5.92 Å². The van der Waals surface area contributed by atoms with Gasteiger partial charge in [-0.1, -0.05) is 20.8 Å². The number of hydrogen-bond acceptors (Lipinski definition) is 2. The van der Waals surface area contributed by atoms with Crippen molar-refractivity contribution >= 4 is 0 Å². The zero-order valence-electron chi connectivity index (χ0n) is 10.6. The summed E-state index contributed by atoms with van der Waals surface area (Å²) in [6.45, 7) is 9.81. The maximum Gasteiger partial charge on any atom is 0.0694 e. The second-order valence-corrected chi connectivity index (χ2v) is 5.17. The molecule has 0 unspecified atom stereocenters. The largest absolute Gasteiger partial charge is 0.375 e. The molecule has 0 bridgehead atoms. The van der Waals surface area contributed by atoms with Crippen molar-refractivity contribution < 1.29 is 4.74 Å². The summed E-state index contributed by atoms with van der Waals surface area (Å²) in [4.78, 5) is 0. The predicted octanol–water partition coefficient (Wildman–Crippen LogP) is 2.97. The first kappa shape index (κ1) is 13.0. The van der Waals surface area contributed by atoms with Gasteiger partial charge in [-0.2, -0.15) is 0 Å². The molecule has 0 radical (unpaired) electrons. The molecule has 0 spiro atoms. The second-order valence-electron chi connectivity index (χ2n) is 5.17. The molecule has 0 aromatic heterocycles. The van der Waals surface area contributed by atoms with Gasteiger partial charge in [-0.15, -0.1) is 0 Å². The lowest BCUT2D eigenvalue weighted by Crippen LogP contribution is -2.43. The van der Waals surface area contributed by atoms with E-state index in [0.29, 0.717) is 0 Å². The highest BCUT2D eigenvalue weighted by Crippen LogP contribution is 2.38. The third-order valence-electron chi connectivity index (χ3n) is 3.38. The number of hydrogen-bond donors (Lipinski definition) is 1. The molecular formula is C13H27NO. The lowest BCUT2D eigenvalue weighted by atomic mass is 9.77. The minimum atomic E-state index is 0.247. The van der Waals surface area contributed by atoms with Gasteiger partial charge >= 0.3 is 0 Å². The fraction of sp³-hybridized carbons (Fsp3) is 1.00. The quantitative estimate of drug-likeness (QED) is 0.626. The van der Waals surface area contributed by atoms with Crippen LogP contribution in [-0.4, -0.2) is 25.3 Å². The summed E-state index contributed by atoms with van der Waals surface area (Å²) in [5.74, 6) is 0.760. The van der Waals surface area contributed by atoms with Crippen LogP contribution >= 0.6 is 0 Å². The van der Waals surface area contributed by atoms with Gasteiger partial charge in [-0.3, -0.25) is 0 Å². The van der Waals surface area contributed by atoms with E-state index in [4.69, 9.17) is 4.74 Å². The van der Waals surface area contributed by atoms with Crippen molar-refractivity contribution in [3.8, 4) is 0 Å². The van der Waals surface area contributed by atoms with E-state index < -0.39 is 0 Å². The van der Waals surface area contributed by atoms with Gasteiger partial charge in [0, 0.05) is 6.61 Å². The summed E-state index contributed by atoms with van der Waals surface area (Å²) in [7, 11) is 0. The Morgan fingerprint density at radius 2 is 2.07 bits per heavy atom. The Balaban J connectivity index is 2.15. The molecule has 2 heteroatoms. The molecule has 1 fully saturated rings. The van der Waals surface area contributed by atoms with E-state index in [1.54, 1.807) is 0 Å². The van der Waals surface area contributed by atoms with Crippen LogP contribution in [0.15, 0.2) is 0 Å². The molecule has 15 heavy (non-hydrogen) atoms. The Bertz CT molecular complexity index is 164. The van der Waals surface area contributed by atoms with Crippen molar-refractivity contribution in [2.45, 2.75) is 58.5 Å². The Morgan fingerprint density at radius 3 is 2.53 bits per heavy atom. The molecule has 0 aromatic rings. The summed E-state index contributed by atoms with van der Waals surface area (Å²) in [6.07, 6.45) is 6.29. The van der Waals surface area contributed by atoms with Crippen LogP contribution in [0.25, 0.3) is 0 Å². The van der Waals surface area contributed by atoms with Gasteiger partial charge in [0.2, 0.25) is 0 Å². The molecule has 0 atom stereocenters. The Hall–Kier alpha value is -0.0800. The van der Waals surface area contributed by atoms with E-state index in [2.05, 4.69) is 26.1 Å². The highest BCUT2D eigenvalue weighted by Gasteiger charge is 2.37. The first-order chi connectivity index (χ1) is 7.18. The van der Waals surface area contributed by atoms with E-state index in [1.807, 2.05) is 0 Å². The molecule has 1 aliphatic rings. The normalized spacial score (nSPS) is 19.2. The molecule has 0 saturated heterocycles. The van der Waals surface area contributed by atoms with Crippen LogP contribution in [0, 0.1) is 5.92 Å². The zero-order valence-corrected chi connectivity index (χ0v) is 10.6. The average Bonchev–Trinajstić information content (AvgIpc) is 2.12. The van der Waals surface area contributed by atoms with Gasteiger partial charge in [0.05, 0.1) is 5.60 Å². The molecule has 0 heterocycles. The van der Waals surface area contributed by atoms with Crippen LogP contribution in [0.5, 0.6) is 0 Å². The number of rotatable bonds is 8. The molecule has 1 saturated carbocycles. The minimum absolute atomic E-state index is 0.247. The summed E-state index contributed by atoms with van der Waals surface area (Å²) < 4.78 is 6.08. The second kappa shape index (κ2) is 6.49. The molecule has 90 valence electrons. The molecule has 1 rings (SSSR count). The lowest BCUT2D eigenvalue weighted by molar-refractivity contribution is -0.107. The highest BCUT2D eigenvalue weighted by atomic mass is 16.5. The van der Waals surface area contributed by atoms with Crippen molar-refractivity contribution in [3.63, 3.8) is 0 Å². The molecule has 2 nitrogen and oxygen atoms in total. The zero-order chi connectivity index (χ0) is 11.1. The van der Waals surface area contributed by atoms with Gasteiger partial charge in [0.15, 0.2) is 0 Å². The molecule has 0 amide bonds. The molecule has 0 aromatic carbocycles. The van der Waals surface area contributed by atoms with Crippen molar-refractivity contribution in [3.05, 3.63) is 0 Å². The summed E-state index contributed by atoms with van der Waals surface area (Å²) in [6, 6.07) is 0. The highest BCUT2D eigenvalue weighted by molar-refractivity contribution is 4.90. The van der Waals surface area contributed by atoms with E-state index in [-0.39, 0.29) is 5.60 Å². The Morgan fingerprint density at radius 1 is 1.33 bits per heavy atom. The van der Waals surface area contributed by atoms with Gasteiger partial charge < -0.3 is 10.1 Å². The van der Waals surface area contributed by atoms with E-state index in [1.165, 1.54) is 32.1 Å². The Labute approximate surface area is 94.8 Å².